The summed E-state index contributed by atoms with van der Waals surface area (Å²) in [6.07, 6.45) is 4.80. The zero-order valence-corrected chi connectivity index (χ0v) is 18.9. The predicted molar refractivity (Wildman–Crippen MR) is 128 cm³/mol. The zero-order valence-electron chi connectivity index (χ0n) is 18.9. The lowest BCUT2D eigenvalue weighted by Gasteiger charge is -2.17. The molecule has 3 heterocycles. The molecule has 170 valence electrons. The molecule has 1 N–H and O–H groups in total. The van der Waals surface area contributed by atoms with Gasteiger partial charge in [0.05, 0.1) is 14.2 Å². The molecule has 0 amide bonds. The Hall–Kier alpha value is -3.88. The van der Waals surface area contributed by atoms with Gasteiger partial charge in [-0.05, 0) is 61.2 Å². The van der Waals surface area contributed by atoms with E-state index in [1.54, 1.807) is 18.9 Å². The Kier molecular flexibility index (Phi) is 5.93. The van der Waals surface area contributed by atoms with Crippen molar-refractivity contribution in [2.75, 3.05) is 37.5 Å². The number of nitrogens with zero attached hydrogens (tertiary/aromatic N) is 6. The van der Waals surface area contributed by atoms with Crippen molar-refractivity contribution in [1.82, 2.24) is 25.0 Å². The van der Waals surface area contributed by atoms with Crippen LogP contribution in [0, 0.1) is 0 Å². The molecule has 1 saturated heterocycles. The van der Waals surface area contributed by atoms with Crippen LogP contribution in [-0.2, 0) is 13.0 Å². The zero-order chi connectivity index (χ0) is 22.6. The van der Waals surface area contributed by atoms with Gasteiger partial charge in [-0.2, -0.15) is 0 Å². The van der Waals surface area contributed by atoms with E-state index in [0.717, 1.165) is 42.3 Å². The topological polar surface area (TPSA) is 90.2 Å². The van der Waals surface area contributed by atoms with Gasteiger partial charge >= 0.3 is 0 Å². The van der Waals surface area contributed by atoms with Crippen LogP contribution in [0.5, 0.6) is 11.5 Å². The molecule has 2 aromatic heterocycles. The minimum absolute atomic E-state index is 0.619. The molecular formula is C24H27N7O2. The van der Waals surface area contributed by atoms with Crippen LogP contribution in [0.1, 0.15) is 18.4 Å². The van der Waals surface area contributed by atoms with E-state index >= 15 is 0 Å². The van der Waals surface area contributed by atoms with Gasteiger partial charge in [0, 0.05) is 37.1 Å². The van der Waals surface area contributed by atoms with Gasteiger partial charge in [0.15, 0.2) is 17.0 Å². The third-order valence-corrected chi connectivity index (χ3v) is 5.92. The number of aryl methyl sites for hydroxylation is 2. The van der Waals surface area contributed by atoms with Crippen LogP contribution in [0.25, 0.3) is 11.2 Å². The standard InChI is InChI=1S/C24H27N7O2/c1-32-20-13-17(14-21(15-20)33-2)9-12-31-24-22(28-29-31)23(25-16-26-24)27-18-5-7-19(8-6-18)30-10-3-4-11-30/h5-8,13-16H,3-4,9-12H2,1-2H3,(H,25,26,27). The molecule has 0 bridgehead atoms. The maximum absolute atomic E-state index is 5.37. The molecule has 33 heavy (non-hydrogen) atoms. The fourth-order valence-corrected chi connectivity index (χ4v) is 4.15. The lowest BCUT2D eigenvalue weighted by molar-refractivity contribution is 0.393. The molecule has 0 unspecified atom stereocenters. The largest absolute Gasteiger partial charge is 0.497 e. The summed E-state index contributed by atoms with van der Waals surface area (Å²) in [6, 6.07) is 14.3. The first kappa shape index (κ1) is 21.0. The minimum Gasteiger partial charge on any atom is -0.497 e. The van der Waals surface area contributed by atoms with Crippen LogP contribution in [0.2, 0.25) is 0 Å². The molecule has 0 radical (unpaired) electrons. The second-order valence-electron chi connectivity index (χ2n) is 8.04. The maximum Gasteiger partial charge on any atom is 0.183 e. The number of aromatic nitrogens is 5. The highest BCUT2D eigenvalue weighted by Crippen LogP contribution is 2.26. The van der Waals surface area contributed by atoms with Crippen molar-refractivity contribution in [3.05, 3.63) is 54.4 Å². The number of hydrogen-bond donors (Lipinski definition) is 1. The van der Waals surface area contributed by atoms with Gasteiger partial charge < -0.3 is 19.7 Å². The van der Waals surface area contributed by atoms with Gasteiger partial charge in [0.25, 0.3) is 0 Å². The lowest BCUT2D eigenvalue weighted by atomic mass is 10.1. The molecule has 0 spiro atoms. The van der Waals surface area contributed by atoms with Gasteiger partial charge in [0.1, 0.15) is 17.8 Å². The highest BCUT2D eigenvalue weighted by atomic mass is 16.5. The average molecular weight is 446 g/mol. The summed E-state index contributed by atoms with van der Waals surface area (Å²) in [7, 11) is 3.30. The first-order valence-corrected chi connectivity index (χ1v) is 11.1. The van der Waals surface area contributed by atoms with Crippen LogP contribution in [-0.4, -0.2) is 52.3 Å². The number of hydrogen-bond acceptors (Lipinski definition) is 8. The molecule has 1 fully saturated rings. The maximum atomic E-state index is 5.37. The van der Waals surface area contributed by atoms with Crippen molar-refractivity contribution in [1.29, 1.82) is 0 Å². The van der Waals surface area contributed by atoms with Crippen molar-refractivity contribution in [2.45, 2.75) is 25.8 Å². The molecule has 0 aliphatic carbocycles. The number of nitrogens with one attached hydrogen (secondary N) is 1. The first-order valence-electron chi connectivity index (χ1n) is 11.1. The summed E-state index contributed by atoms with van der Waals surface area (Å²) in [4.78, 5) is 11.2. The number of fused-ring (bicyclic) bond motifs is 1. The van der Waals surface area contributed by atoms with Gasteiger partial charge in [-0.1, -0.05) is 5.21 Å². The van der Waals surface area contributed by atoms with Crippen LogP contribution < -0.4 is 19.7 Å². The normalized spacial score (nSPS) is 13.5. The molecule has 9 heteroatoms. The lowest BCUT2D eigenvalue weighted by Crippen LogP contribution is -2.17. The smallest absolute Gasteiger partial charge is 0.183 e. The van der Waals surface area contributed by atoms with E-state index in [2.05, 4.69) is 54.8 Å². The van der Waals surface area contributed by atoms with Crippen LogP contribution >= 0.6 is 0 Å². The molecule has 0 atom stereocenters. The molecule has 0 saturated carbocycles. The molecule has 1 aliphatic heterocycles. The van der Waals surface area contributed by atoms with Gasteiger partial charge in [-0.15, -0.1) is 5.10 Å². The predicted octanol–water partition coefficient (Wildman–Crippen LogP) is 3.83. The van der Waals surface area contributed by atoms with Crippen molar-refractivity contribution < 1.29 is 9.47 Å². The molecule has 4 aromatic rings. The number of methoxy groups -OCH3 is 2. The third kappa shape index (κ3) is 4.52. The van der Waals surface area contributed by atoms with Crippen molar-refractivity contribution >= 4 is 28.4 Å². The second-order valence-corrected chi connectivity index (χ2v) is 8.04. The van der Waals surface area contributed by atoms with E-state index in [9.17, 15) is 0 Å². The Morgan fingerprint density at radius 3 is 2.36 bits per heavy atom. The highest BCUT2D eigenvalue weighted by molar-refractivity contribution is 5.84. The van der Waals surface area contributed by atoms with Crippen molar-refractivity contribution in [3.8, 4) is 11.5 Å². The van der Waals surface area contributed by atoms with E-state index in [0.29, 0.717) is 23.5 Å². The quantitative estimate of drug-likeness (QED) is 0.438. The summed E-state index contributed by atoms with van der Waals surface area (Å²) >= 11 is 0. The highest BCUT2D eigenvalue weighted by Gasteiger charge is 2.14. The van der Waals surface area contributed by atoms with Gasteiger partial charge in [-0.3, -0.25) is 0 Å². The van der Waals surface area contributed by atoms with E-state index in [4.69, 9.17) is 9.47 Å². The Bertz CT molecular complexity index is 1210. The number of benzene rings is 2. The summed E-state index contributed by atoms with van der Waals surface area (Å²) in [5, 5.41) is 12.0. The average Bonchev–Trinajstić information content (AvgIpc) is 3.54. The molecule has 9 nitrogen and oxygen atoms in total. The van der Waals surface area contributed by atoms with E-state index in [1.807, 2.05) is 18.2 Å². The SMILES string of the molecule is COc1cc(CCn2nnc3c(Nc4ccc(N5CCCC5)cc4)ncnc32)cc(OC)c1. The van der Waals surface area contributed by atoms with Crippen molar-refractivity contribution in [3.63, 3.8) is 0 Å². The summed E-state index contributed by atoms with van der Waals surface area (Å²) < 4.78 is 12.5. The summed E-state index contributed by atoms with van der Waals surface area (Å²) in [5.41, 5.74) is 4.63. The number of ether oxygens (including phenoxy) is 2. The van der Waals surface area contributed by atoms with Crippen LogP contribution in [0.3, 0.4) is 0 Å². The second kappa shape index (κ2) is 9.32. The van der Waals surface area contributed by atoms with E-state index < -0.39 is 0 Å². The molecule has 1 aliphatic rings. The number of rotatable bonds is 8. The Balaban J connectivity index is 1.32. The van der Waals surface area contributed by atoms with Crippen LogP contribution in [0.15, 0.2) is 48.8 Å². The molecular weight excluding hydrogens is 418 g/mol. The first-order chi connectivity index (χ1) is 16.2. The summed E-state index contributed by atoms with van der Waals surface area (Å²) in [5.74, 6) is 2.16. The van der Waals surface area contributed by atoms with Gasteiger partial charge in [-0.25, -0.2) is 14.6 Å². The summed E-state index contributed by atoms with van der Waals surface area (Å²) in [6.45, 7) is 2.88. The Morgan fingerprint density at radius 2 is 1.67 bits per heavy atom. The Labute approximate surface area is 192 Å². The molecule has 5 rings (SSSR count). The fourth-order valence-electron chi connectivity index (χ4n) is 4.15. The van der Waals surface area contributed by atoms with Crippen LogP contribution in [0.4, 0.5) is 17.2 Å². The van der Waals surface area contributed by atoms with Gasteiger partial charge in [0.2, 0.25) is 0 Å². The molecule has 2 aromatic carbocycles. The van der Waals surface area contributed by atoms with Crippen molar-refractivity contribution in [2.24, 2.45) is 0 Å². The van der Waals surface area contributed by atoms with E-state index in [-0.39, 0.29) is 0 Å². The minimum atomic E-state index is 0.619. The number of anilines is 3. The third-order valence-electron chi connectivity index (χ3n) is 5.92. The fraction of sp³-hybridized carbons (Fsp3) is 0.333. The monoisotopic (exact) mass is 445 g/mol. The Morgan fingerprint density at radius 1 is 0.939 bits per heavy atom. The van der Waals surface area contributed by atoms with E-state index in [1.165, 1.54) is 24.9 Å².